The highest BCUT2D eigenvalue weighted by Crippen LogP contribution is 2.27. The van der Waals surface area contributed by atoms with E-state index in [0.717, 1.165) is 5.75 Å². The molecule has 1 N–H and O–H groups in total. The molecule has 152 valence electrons. The molecule has 1 amide bonds. The van der Waals surface area contributed by atoms with E-state index in [0.29, 0.717) is 34.1 Å². The second-order valence-corrected chi connectivity index (χ2v) is 7.91. The van der Waals surface area contributed by atoms with Gasteiger partial charge < -0.3 is 9.47 Å². The highest BCUT2D eigenvalue weighted by Gasteiger charge is 2.11. The van der Waals surface area contributed by atoms with Crippen LogP contribution in [0.1, 0.15) is 11.1 Å². The van der Waals surface area contributed by atoms with Crippen LogP contribution in [0.15, 0.2) is 64.1 Å². The topological polar surface area (TPSA) is 84.2 Å². The smallest absolute Gasteiger partial charge is 0.268 e. The van der Waals surface area contributed by atoms with Crippen molar-refractivity contribution in [3.63, 3.8) is 0 Å². The van der Waals surface area contributed by atoms with Gasteiger partial charge in [-0.15, -0.1) is 11.3 Å². The minimum absolute atomic E-state index is 0.0164. The van der Waals surface area contributed by atoms with E-state index in [1.54, 1.807) is 29.8 Å². The fraction of sp³-hybridized carbons (Fsp3) is 0.136. The molecule has 8 heteroatoms. The molecule has 0 saturated heterocycles. The summed E-state index contributed by atoms with van der Waals surface area (Å²) in [5, 5.41) is 14.1. The van der Waals surface area contributed by atoms with Gasteiger partial charge >= 0.3 is 0 Å². The Morgan fingerprint density at radius 3 is 2.67 bits per heavy atom. The Hall–Kier alpha value is -3.15. The van der Waals surface area contributed by atoms with Crippen molar-refractivity contribution in [2.45, 2.75) is 6.92 Å². The van der Waals surface area contributed by atoms with Gasteiger partial charge in [0.2, 0.25) is 0 Å². The number of rotatable bonds is 8. The van der Waals surface area contributed by atoms with Crippen LogP contribution in [0.4, 0.5) is 5.13 Å². The molecule has 0 spiro atoms. The maximum atomic E-state index is 12.2. The molecule has 30 heavy (non-hydrogen) atoms. The van der Waals surface area contributed by atoms with Crippen molar-refractivity contribution in [2.24, 2.45) is 0 Å². The molecular formula is C22H18BrN3O3S. The lowest BCUT2D eigenvalue weighted by molar-refractivity contribution is -0.112. The first-order chi connectivity index (χ1) is 14.5. The molecule has 6 nitrogen and oxygen atoms in total. The zero-order valence-electron chi connectivity index (χ0n) is 16.1. The summed E-state index contributed by atoms with van der Waals surface area (Å²) in [6, 6.07) is 15.1. The van der Waals surface area contributed by atoms with Crippen LogP contribution < -0.4 is 14.8 Å². The quantitative estimate of drug-likeness (QED) is 0.269. The van der Waals surface area contributed by atoms with Gasteiger partial charge in [0.1, 0.15) is 36.4 Å². The van der Waals surface area contributed by atoms with E-state index in [1.165, 1.54) is 23.0 Å². The Bertz CT molecular complexity index is 1070. The SMILES string of the molecule is Cc1ccc(OCCOc2ccc(/C=C(/C#N)C(=O)Nc3nccs3)cc2Br)cc1. The number of aryl methyl sites for hydroxylation is 1. The van der Waals surface area contributed by atoms with Gasteiger partial charge in [-0.2, -0.15) is 5.26 Å². The zero-order chi connectivity index (χ0) is 21.3. The van der Waals surface area contributed by atoms with Gasteiger partial charge in [0.05, 0.1) is 4.47 Å². The molecular weight excluding hydrogens is 466 g/mol. The molecule has 0 aliphatic rings. The van der Waals surface area contributed by atoms with Gasteiger partial charge in [0.15, 0.2) is 5.13 Å². The summed E-state index contributed by atoms with van der Waals surface area (Å²) in [5.41, 5.74) is 1.85. The zero-order valence-corrected chi connectivity index (χ0v) is 18.5. The Kier molecular flexibility index (Phi) is 7.60. The summed E-state index contributed by atoms with van der Waals surface area (Å²) in [6.07, 6.45) is 3.09. The average Bonchev–Trinajstić information content (AvgIpc) is 3.25. The van der Waals surface area contributed by atoms with Crippen LogP contribution in [-0.2, 0) is 4.79 Å². The Labute approximate surface area is 186 Å². The number of aromatic nitrogens is 1. The summed E-state index contributed by atoms with van der Waals surface area (Å²) in [5.74, 6) is 0.936. The number of thiazole rings is 1. The number of benzene rings is 2. The van der Waals surface area contributed by atoms with Gasteiger partial charge in [-0.1, -0.05) is 23.8 Å². The molecule has 0 fully saturated rings. The van der Waals surface area contributed by atoms with Crippen LogP contribution in [0.2, 0.25) is 0 Å². The molecule has 0 atom stereocenters. The molecule has 3 aromatic rings. The van der Waals surface area contributed by atoms with Crippen LogP contribution >= 0.6 is 27.3 Å². The number of carbonyl (C=O) groups excluding carboxylic acids is 1. The third kappa shape index (κ3) is 6.17. The van der Waals surface area contributed by atoms with Crippen molar-refractivity contribution >= 4 is 44.4 Å². The van der Waals surface area contributed by atoms with E-state index in [2.05, 4.69) is 26.2 Å². The van der Waals surface area contributed by atoms with E-state index in [9.17, 15) is 10.1 Å². The number of nitriles is 1. The van der Waals surface area contributed by atoms with Crippen molar-refractivity contribution in [1.82, 2.24) is 4.98 Å². The first-order valence-corrected chi connectivity index (χ1v) is 10.7. The lowest BCUT2D eigenvalue weighted by Crippen LogP contribution is -2.13. The number of ether oxygens (including phenoxy) is 2. The van der Waals surface area contributed by atoms with Gasteiger partial charge in [-0.25, -0.2) is 4.98 Å². The summed E-state index contributed by atoms with van der Waals surface area (Å²) >= 11 is 4.75. The highest BCUT2D eigenvalue weighted by molar-refractivity contribution is 9.10. The van der Waals surface area contributed by atoms with E-state index in [-0.39, 0.29) is 5.57 Å². The van der Waals surface area contributed by atoms with E-state index in [1.807, 2.05) is 37.3 Å². The summed E-state index contributed by atoms with van der Waals surface area (Å²) in [6.45, 7) is 2.81. The van der Waals surface area contributed by atoms with Crippen molar-refractivity contribution in [1.29, 1.82) is 5.26 Å². The molecule has 0 aliphatic carbocycles. The number of hydrogen-bond acceptors (Lipinski definition) is 6. The number of halogens is 1. The highest BCUT2D eigenvalue weighted by atomic mass is 79.9. The molecule has 0 aliphatic heterocycles. The number of nitrogens with one attached hydrogen (secondary N) is 1. The van der Waals surface area contributed by atoms with Crippen molar-refractivity contribution in [3.8, 4) is 17.6 Å². The normalized spacial score (nSPS) is 10.9. The Morgan fingerprint density at radius 1 is 1.23 bits per heavy atom. The van der Waals surface area contributed by atoms with Crippen LogP contribution in [0.25, 0.3) is 6.08 Å². The predicted molar refractivity (Wildman–Crippen MR) is 121 cm³/mol. The van der Waals surface area contributed by atoms with E-state index < -0.39 is 5.91 Å². The van der Waals surface area contributed by atoms with Gasteiger partial charge in [0.25, 0.3) is 5.91 Å². The molecule has 0 unspecified atom stereocenters. The summed E-state index contributed by atoms with van der Waals surface area (Å²) in [4.78, 5) is 16.2. The molecule has 0 radical (unpaired) electrons. The standard InChI is InChI=1S/C22H18BrN3O3S/c1-15-2-5-18(6-3-15)28-9-10-29-20-7-4-16(13-19(20)23)12-17(14-24)21(27)26-22-25-8-11-30-22/h2-8,11-13H,9-10H2,1H3,(H,25,26,27)/b17-12-. The van der Waals surface area contributed by atoms with Crippen molar-refractivity contribution in [3.05, 3.63) is 75.2 Å². The minimum atomic E-state index is -0.503. The average molecular weight is 484 g/mol. The largest absolute Gasteiger partial charge is 0.490 e. The van der Waals surface area contributed by atoms with E-state index >= 15 is 0 Å². The molecule has 1 aromatic heterocycles. The molecule has 1 heterocycles. The lowest BCUT2D eigenvalue weighted by atomic mass is 10.1. The van der Waals surface area contributed by atoms with Crippen LogP contribution in [0.3, 0.4) is 0 Å². The van der Waals surface area contributed by atoms with Crippen LogP contribution in [-0.4, -0.2) is 24.1 Å². The first-order valence-electron chi connectivity index (χ1n) is 8.99. The van der Waals surface area contributed by atoms with E-state index in [4.69, 9.17) is 9.47 Å². The fourth-order valence-electron chi connectivity index (χ4n) is 2.43. The number of amides is 1. The molecule has 0 saturated carbocycles. The maximum Gasteiger partial charge on any atom is 0.268 e. The lowest BCUT2D eigenvalue weighted by Gasteiger charge is -2.10. The summed E-state index contributed by atoms with van der Waals surface area (Å²) in [7, 11) is 0. The van der Waals surface area contributed by atoms with Gasteiger partial charge in [0, 0.05) is 11.6 Å². The number of anilines is 1. The molecule has 2 aromatic carbocycles. The van der Waals surface area contributed by atoms with Crippen molar-refractivity contribution < 1.29 is 14.3 Å². The van der Waals surface area contributed by atoms with Crippen molar-refractivity contribution in [2.75, 3.05) is 18.5 Å². The molecule has 3 rings (SSSR count). The van der Waals surface area contributed by atoms with Crippen LogP contribution in [0, 0.1) is 18.3 Å². The first kappa shape index (κ1) is 21.6. The third-order valence-electron chi connectivity index (χ3n) is 3.92. The predicted octanol–water partition coefficient (Wildman–Crippen LogP) is 5.22. The van der Waals surface area contributed by atoms with Crippen LogP contribution in [0.5, 0.6) is 11.5 Å². The number of nitrogens with zero attached hydrogens (tertiary/aromatic N) is 2. The second-order valence-electron chi connectivity index (χ2n) is 6.16. The molecule has 0 bridgehead atoms. The summed E-state index contributed by atoms with van der Waals surface area (Å²) < 4.78 is 12.1. The second kappa shape index (κ2) is 10.6. The number of carbonyl (C=O) groups is 1. The fourth-order valence-corrected chi connectivity index (χ4v) is 3.47. The number of hydrogen-bond donors (Lipinski definition) is 1. The van der Waals surface area contributed by atoms with Gasteiger partial charge in [-0.3, -0.25) is 10.1 Å². The van der Waals surface area contributed by atoms with Gasteiger partial charge in [-0.05, 0) is 58.8 Å². The third-order valence-corrected chi connectivity index (χ3v) is 5.22. The maximum absolute atomic E-state index is 12.2. The Balaban J connectivity index is 1.57. The monoisotopic (exact) mass is 483 g/mol. The Morgan fingerprint density at radius 2 is 2.00 bits per heavy atom. The minimum Gasteiger partial charge on any atom is -0.490 e.